The number of hydrogen-bond acceptors (Lipinski definition) is 9. The first-order valence-electron chi connectivity index (χ1n) is 9.72. The van der Waals surface area contributed by atoms with Gasteiger partial charge in [0, 0.05) is 6.92 Å². The molecule has 1 saturated heterocycles. The van der Waals surface area contributed by atoms with Gasteiger partial charge in [-0.3, -0.25) is 24.1 Å². The highest BCUT2D eigenvalue weighted by atomic mass is 32.2. The van der Waals surface area contributed by atoms with Crippen LogP contribution in [0, 0.1) is 5.92 Å². The molecule has 1 fully saturated rings. The van der Waals surface area contributed by atoms with Crippen molar-refractivity contribution in [1.29, 1.82) is 0 Å². The summed E-state index contributed by atoms with van der Waals surface area (Å²) in [5, 5.41) is 18.9. The topological polar surface area (TPSA) is 140 Å². The molecule has 2 N–H and O–H groups in total. The lowest BCUT2D eigenvalue weighted by Gasteiger charge is -2.29. The smallest absolute Gasteiger partial charge is 0.320 e. The average molecular weight is 498 g/mol. The minimum Gasteiger partial charge on any atom is -0.493 e. The van der Waals surface area contributed by atoms with Gasteiger partial charge < -0.3 is 24.4 Å². The number of hydrogen-bond donors (Lipinski definition) is 2. The van der Waals surface area contributed by atoms with Crippen molar-refractivity contribution in [2.75, 3.05) is 14.2 Å². The zero-order chi connectivity index (χ0) is 24.9. The molecule has 2 rings (SSSR count). The first-order chi connectivity index (χ1) is 15.5. The highest BCUT2D eigenvalue weighted by Gasteiger charge is 2.45. The lowest BCUT2D eigenvalue weighted by Crippen LogP contribution is -2.48. The molecular formula is C21H23NO9S2. The van der Waals surface area contributed by atoms with Gasteiger partial charge in [-0.15, -0.1) is 0 Å². The summed E-state index contributed by atoms with van der Waals surface area (Å²) in [5.74, 6) is -5.64. The first-order valence-corrected chi connectivity index (χ1v) is 10.9. The number of aliphatic carboxylic acids is 2. The van der Waals surface area contributed by atoms with Gasteiger partial charge in [0.05, 0.1) is 25.2 Å². The minimum atomic E-state index is -1.82. The number of nitrogens with zero attached hydrogens (tertiary/aromatic N) is 1. The third-order valence-electron chi connectivity index (χ3n) is 4.68. The van der Waals surface area contributed by atoms with E-state index in [0.717, 1.165) is 16.7 Å². The van der Waals surface area contributed by atoms with E-state index in [9.17, 15) is 29.4 Å². The third-order valence-corrected chi connectivity index (χ3v) is 6.01. The van der Waals surface area contributed by atoms with Crippen LogP contribution in [0.1, 0.15) is 32.3 Å². The maximum atomic E-state index is 13.1. The second kappa shape index (κ2) is 11.1. The molecule has 0 radical (unpaired) electrons. The van der Waals surface area contributed by atoms with Gasteiger partial charge in [0.25, 0.3) is 5.91 Å². The third kappa shape index (κ3) is 5.82. The normalized spacial score (nSPS) is 15.7. The summed E-state index contributed by atoms with van der Waals surface area (Å²) in [6.07, 6.45) is 2.08. The lowest BCUT2D eigenvalue weighted by molar-refractivity contribution is -0.157. The van der Waals surface area contributed by atoms with Gasteiger partial charge >= 0.3 is 17.9 Å². The van der Waals surface area contributed by atoms with Crippen molar-refractivity contribution in [2.24, 2.45) is 5.92 Å². The highest BCUT2D eigenvalue weighted by molar-refractivity contribution is 8.26. The number of thioether (sulfide) groups is 1. The minimum absolute atomic E-state index is 0.0627. The highest BCUT2D eigenvalue weighted by Crippen LogP contribution is 2.41. The molecule has 0 spiro atoms. The van der Waals surface area contributed by atoms with Crippen LogP contribution < -0.4 is 14.2 Å². The van der Waals surface area contributed by atoms with Crippen molar-refractivity contribution in [3.63, 3.8) is 0 Å². The largest absolute Gasteiger partial charge is 0.493 e. The predicted molar refractivity (Wildman–Crippen MR) is 123 cm³/mol. The van der Waals surface area contributed by atoms with Crippen LogP contribution in [0.2, 0.25) is 0 Å². The summed E-state index contributed by atoms with van der Waals surface area (Å²) >= 11 is 6.22. The fourth-order valence-corrected chi connectivity index (χ4v) is 4.69. The Labute approximate surface area is 199 Å². The van der Waals surface area contributed by atoms with E-state index in [2.05, 4.69) is 0 Å². The maximum Gasteiger partial charge on any atom is 0.320 e. The number of carboxylic acids is 2. The van der Waals surface area contributed by atoms with Gasteiger partial charge in [0.2, 0.25) is 5.75 Å². The molecule has 10 nitrogen and oxygen atoms in total. The Balaban J connectivity index is 2.49. The van der Waals surface area contributed by atoms with Gasteiger partial charge in [-0.2, -0.15) is 0 Å². The summed E-state index contributed by atoms with van der Waals surface area (Å²) in [6, 6.07) is 1.90. The van der Waals surface area contributed by atoms with E-state index in [1.54, 1.807) is 6.92 Å². The van der Waals surface area contributed by atoms with Crippen molar-refractivity contribution < 1.29 is 43.6 Å². The molecule has 1 heterocycles. The molecule has 1 aromatic carbocycles. The molecule has 12 heteroatoms. The number of thiocarbonyl (C=S) groups is 1. The number of carbonyl (C=O) groups excluding carboxylic acids is 2. The Bertz CT molecular complexity index is 982. The molecule has 0 bridgehead atoms. The maximum absolute atomic E-state index is 13.1. The second-order valence-corrected chi connectivity index (χ2v) is 8.59. The Morgan fingerprint density at radius 1 is 1.15 bits per heavy atom. The van der Waals surface area contributed by atoms with Crippen LogP contribution in [0.25, 0.3) is 6.08 Å². The predicted octanol–water partition coefficient (Wildman–Crippen LogP) is 2.78. The Morgan fingerprint density at radius 2 is 1.70 bits per heavy atom. The fourth-order valence-electron chi connectivity index (χ4n) is 3.32. The number of rotatable bonds is 10. The van der Waals surface area contributed by atoms with Crippen molar-refractivity contribution in [3.05, 3.63) is 22.6 Å². The number of carbonyl (C=O) groups is 4. The Morgan fingerprint density at radius 3 is 2.12 bits per heavy atom. The number of amides is 1. The molecule has 1 unspecified atom stereocenters. The number of ether oxygens (including phenoxy) is 3. The molecule has 1 aliphatic heterocycles. The van der Waals surface area contributed by atoms with Crippen LogP contribution in [-0.4, -0.2) is 63.5 Å². The van der Waals surface area contributed by atoms with Crippen molar-refractivity contribution in [3.8, 4) is 17.2 Å². The van der Waals surface area contributed by atoms with Gasteiger partial charge in [-0.25, -0.2) is 0 Å². The van der Waals surface area contributed by atoms with E-state index in [-0.39, 0.29) is 32.9 Å². The van der Waals surface area contributed by atoms with Crippen LogP contribution >= 0.6 is 24.0 Å². The number of methoxy groups -OCH3 is 2. The molecule has 0 saturated carbocycles. The summed E-state index contributed by atoms with van der Waals surface area (Å²) in [4.78, 5) is 49.0. The van der Waals surface area contributed by atoms with Crippen LogP contribution in [0.15, 0.2) is 17.0 Å². The number of benzene rings is 1. The van der Waals surface area contributed by atoms with Crippen LogP contribution in [0.4, 0.5) is 0 Å². The van der Waals surface area contributed by atoms with Crippen LogP contribution in [0.5, 0.6) is 17.2 Å². The zero-order valence-electron chi connectivity index (χ0n) is 18.3. The van der Waals surface area contributed by atoms with Crippen molar-refractivity contribution >= 4 is 58.2 Å². The fraction of sp³-hybridized carbons (Fsp3) is 0.381. The van der Waals surface area contributed by atoms with E-state index in [4.69, 9.17) is 26.4 Å². The molecular weight excluding hydrogens is 474 g/mol. The molecule has 1 amide bonds. The standard InChI is InChI=1S/C21H23NO9S2/c1-5-6-12(16(19(25)26)20(27)28)22-18(24)15(33-21(22)32)9-11-7-13(29-3)17(31-10(2)23)14(8-11)30-4/h7-9,12,16H,5-6H2,1-4H3,(H,25,26)(H,27,28). The molecule has 0 aromatic heterocycles. The number of carboxylic acid groups (broad SMARTS) is 2. The average Bonchev–Trinajstić information content (AvgIpc) is 3.00. The zero-order valence-corrected chi connectivity index (χ0v) is 19.9. The van der Waals surface area contributed by atoms with E-state index < -0.39 is 35.8 Å². The monoisotopic (exact) mass is 497 g/mol. The second-order valence-electron chi connectivity index (χ2n) is 6.91. The number of esters is 1. The van der Waals surface area contributed by atoms with E-state index in [1.807, 2.05) is 0 Å². The molecule has 1 aliphatic rings. The van der Waals surface area contributed by atoms with Gasteiger partial charge in [-0.1, -0.05) is 37.3 Å². The SMILES string of the molecule is CCCC(C(C(=O)O)C(=O)O)N1C(=O)C(=Cc2cc(OC)c(OC(C)=O)c(OC)c2)SC1=S. The molecule has 1 atom stereocenters. The van der Waals surface area contributed by atoms with Crippen molar-refractivity contribution in [1.82, 2.24) is 4.90 Å². The lowest BCUT2D eigenvalue weighted by atomic mass is 9.94. The van der Waals surface area contributed by atoms with Gasteiger partial charge in [0.15, 0.2) is 17.4 Å². The molecule has 33 heavy (non-hydrogen) atoms. The Kier molecular flexibility index (Phi) is 8.83. The van der Waals surface area contributed by atoms with E-state index >= 15 is 0 Å². The van der Waals surface area contributed by atoms with Crippen LogP contribution in [-0.2, 0) is 19.2 Å². The first kappa shape index (κ1) is 26.1. The van der Waals surface area contributed by atoms with Gasteiger partial charge in [0.1, 0.15) is 4.32 Å². The summed E-state index contributed by atoms with van der Waals surface area (Å²) in [6.45, 7) is 2.98. The van der Waals surface area contributed by atoms with E-state index in [0.29, 0.717) is 12.0 Å². The molecule has 0 aliphatic carbocycles. The van der Waals surface area contributed by atoms with Crippen molar-refractivity contribution in [2.45, 2.75) is 32.7 Å². The van der Waals surface area contributed by atoms with E-state index in [1.165, 1.54) is 39.4 Å². The Hall–Kier alpha value is -3.12. The quantitative estimate of drug-likeness (QED) is 0.162. The summed E-state index contributed by atoms with van der Waals surface area (Å²) in [5.41, 5.74) is 0.458. The molecule has 1 aromatic rings. The molecule has 178 valence electrons. The summed E-state index contributed by atoms with van der Waals surface area (Å²) < 4.78 is 15.8. The van der Waals surface area contributed by atoms with Gasteiger partial charge in [-0.05, 0) is 30.2 Å². The summed E-state index contributed by atoms with van der Waals surface area (Å²) in [7, 11) is 2.75. The van der Waals surface area contributed by atoms with Crippen LogP contribution in [0.3, 0.4) is 0 Å².